The van der Waals surface area contributed by atoms with Crippen molar-refractivity contribution in [2.45, 2.75) is 6.92 Å². The number of carbonyl (C=O) groups is 1. The highest BCUT2D eigenvalue weighted by molar-refractivity contribution is 7.05. The van der Waals surface area contributed by atoms with Gasteiger partial charge in [0.15, 0.2) is 0 Å². The van der Waals surface area contributed by atoms with Crippen LogP contribution in [0.25, 0.3) is 0 Å². The fourth-order valence-corrected chi connectivity index (χ4v) is 1.90. The van der Waals surface area contributed by atoms with Crippen LogP contribution in [0, 0.1) is 6.92 Å². The molecule has 0 radical (unpaired) electrons. The Hall–Kier alpha value is -0.980. The highest BCUT2D eigenvalue weighted by Gasteiger charge is 2.14. The van der Waals surface area contributed by atoms with E-state index in [2.05, 4.69) is 4.37 Å². The Morgan fingerprint density at radius 2 is 2.12 bits per heavy atom. The summed E-state index contributed by atoms with van der Waals surface area (Å²) >= 11 is 1.34. The van der Waals surface area contributed by atoms with Crippen LogP contribution < -0.4 is 0 Å². The van der Waals surface area contributed by atoms with Gasteiger partial charge in [0.25, 0.3) is 5.91 Å². The molecule has 6 heteroatoms. The summed E-state index contributed by atoms with van der Waals surface area (Å²) in [7, 11) is 3.69. The molecule has 0 aliphatic rings. The lowest BCUT2D eigenvalue weighted by molar-refractivity contribution is 0.0775. The summed E-state index contributed by atoms with van der Waals surface area (Å²) in [4.78, 5) is 16.6. The minimum Gasteiger partial charge on any atom is -0.395 e. The Morgan fingerprint density at radius 1 is 1.41 bits per heavy atom. The topological polar surface area (TPSA) is 56.7 Å². The lowest BCUT2D eigenvalue weighted by Crippen LogP contribution is -2.35. The molecular weight excluding hydrogens is 238 g/mol. The largest absolute Gasteiger partial charge is 0.395 e. The smallest absolute Gasteiger partial charge is 0.273 e. The first-order chi connectivity index (χ1) is 8.04. The summed E-state index contributed by atoms with van der Waals surface area (Å²) in [6.45, 7) is 4.07. The van der Waals surface area contributed by atoms with Gasteiger partial charge in [-0.05, 0) is 31.6 Å². The van der Waals surface area contributed by atoms with Crippen LogP contribution in [0.3, 0.4) is 0 Å². The summed E-state index contributed by atoms with van der Waals surface area (Å²) < 4.78 is 4.10. The summed E-state index contributed by atoms with van der Waals surface area (Å²) in [6, 6.07) is 1.81. The van der Waals surface area contributed by atoms with Gasteiger partial charge in [0.2, 0.25) is 0 Å². The van der Waals surface area contributed by atoms with E-state index in [1.165, 1.54) is 11.5 Å². The zero-order valence-electron chi connectivity index (χ0n) is 10.5. The van der Waals surface area contributed by atoms with E-state index in [1.54, 1.807) is 18.0 Å². The van der Waals surface area contributed by atoms with E-state index in [0.29, 0.717) is 18.8 Å². The Kier molecular flexibility index (Phi) is 5.54. The van der Waals surface area contributed by atoms with Crippen LogP contribution in [-0.4, -0.2) is 65.5 Å². The number of nitrogens with zero attached hydrogens (tertiary/aromatic N) is 3. The summed E-state index contributed by atoms with van der Waals surface area (Å²) in [5, 5.41) is 8.76. The SMILES string of the molecule is Cc1cc(C(=O)N(C)CCN(C)CCO)ns1. The molecule has 5 nitrogen and oxygen atoms in total. The maximum Gasteiger partial charge on any atom is 0.273 e. The predicted octanol–water partition coefficient (Wildman–Crippen LogP) is 0.448. The lowest BCUT2D eigenvalue weighted by Gasteiger charge is -2.20. The first-order valence-corrected chi connectivity index (χ1v) is 6.30. The van der Waals surface area contributed by atoms with Crippen LogP contribution >= 0.6 is 11.5 Å². The number of aliphatic hydroxyl groups is 1. The molecule has 0 atom stereocenters. The van der Waals surface area contributed by atoms with Crippen molar-refractivity contribution >= 4 is 17.4 Å². The summed E-state index contributed by atoms with van der Waals surface area (Å²) in [6.07, 6.45) is 0. The molecule has 1 N–H and O–H groups in total. The van der Waals surface area contributed by atoms with E-state index in [4.69, 9.17) is 5.11 Å². The van der Waals surface area contributed by atoms with Gasteiger partial charge in [0, 0.05) is 31.6 Å². The number of hydrogen-bond acceptors (Lipinski definition) is 5. The highest BCUT2D eigenvalue weighted by atomic mass is 32.1. The van der Waals surface area contributed by atoms with Crippen LogP contribution in [-0.2, 0) is 0 Å². The molecule has 0 unspecified atom stereocenters. The van der Waals surface area contributed by atoms with E-state index in [-0.39, 0.29) is 12.5 Å². The number of aryl methyl sites for hydroxylation is 1. The van der Waals surface area contributed by atoms with Gasteiger partial charge in [-0.15, -0.1) is 0 Å². The number of likely N-dealkylation sites (N-methyl/N-ethyl adjacent to an activating group) is 2. The Morgan fingerprint density at radius 3 is 2.65 bits per heavy atom. The monoisotopic (exact) mass is 257 g/mol. The molecule has 0 spiro atoms. The maximum absolute atomic E-state index is 11.9. The first-order valence-electron chi connectivity index (χ1n) is 5.52. The third-order valence-corrected chi connectivity index (χ3v) is 3.19. The van der Waals surface area contributed by atoms with Crippen LogP contribution in [0.5, 0.6) is 0 Å². The maximum atomic E-state index is 11.9. The number of aromatic nitrogens is 1. The number of carbonyl (C=O) groups excluding carboxylic acids is 1. The van der Waals surface area contributed by atoms with E-state index in [9.17, 15) is 4.79 Å². The van der Waals surface area contributed by atoms with Crippen molar-refractivity contribution < 1.29 is 9.90 Å². The summed E-state index contributed by atoms with van der Waals surface area (Å²) in [5.74, 6) is -0.0493. The van der Waals surface area contributed by atoms with Crippen molar-refractivity contribution in [3.05, 3.63) is 16.6 Å². The molecule has 1 rings (SSSR count). The Balaban J connectivity index is 2.42. The normalized spacial score (nSPS) is 10.9. The van der Waals surface area contributed by atoms with Gasteiger partial charge in [0.05, 0.1) is 6.61 Å². The third-order valence-electron chi connectivity index (χ3n) is 2.49. The van der Waals surface area contributed by atoms with Crippen molar-refractivity contribution in [3.63, 3.8) is 0 Å². The third kappa shape index (κ3) is 4.41. The van der Waals surface area contributed by atoms with Crippen LogP contribution in [0.4, 0.5) is 0 Å². The quantitative estimate of drug-likeness (QED) is 0.804. The number of amides is 1. The molecule has 0 aliphatic carbocycles. The Bertz CT molecular complexity index is 367. The second-order valence-electron chi connectivity index (χ2n) is 4.08. The number of hydrogen-bond donors (Lipinski definition) is 1. The van der Waals surface area contributed by atoms with E-state index in [1.807, 2.05) is 18.9 Å². The molecule has 0 saturated heterocycles. The molecule has 0 saturated carbocycles. The van der Waals surface area contributed by atoms with E-state index in [0.717, 1.165) is 11.4 Å². The van der Waals surface area contributed by atoms with Gasteiger partial charge in [-0.25, -0.2) is 0 Å². The van der Waals surface area contributed by atoms with Gasteiger partial charge in [-0.3, -0.25) is 4.79 Å². The molecule has 96 valence electrons. The van der Waals surface area contributed by atoms with Gasteiger partial charge in [0.1, 0.15) is 5.69 Å². The molecule has 1 aromatic heterocycles. The molecule has 1 aromatic rings. The van der Waals surface area contributed by atoms with Crippen molar-refractivity contribution in [3.8, 4) is 0 Å². The average molecular weight is 257 g/mol. The van der Waals surface area contributed by atoms with Crippen molar-refractivity contribution in [1.82, 2.24) is 14.2 Å². The van der Waals surface area contributed by atoms with Crippen LogP contribution in [0.2, 0.25) is 0 Å². The molecule has 0 fully saturated rings. The fraction of sp³-hybridized carbons (Fsp3) is 0.636. The number of rotatable bonds is 6. The van der Waals surface area contributed by atoms with Gasteiger partial charge < -0.3 is 14.9 Å². The molecule has 17 heavy (non-hydrogen) atoms. The van der Waals surface area contributed by atoms with Crippen LogP contribution in [0.15, 0.2) is 6.07 Å². The average Bonchev–Trinajstić information content (AvgIpc) is 2.72. The van der Waals surface area contributed by atoms with Gasteiger partial charge >= 0.3 is 0 Å². The van der Waals surface area contributed by atoms with Crippen molar-refractivity contribution in [2.75, 3.05) is 40.3 Å². The first kappa shape index (κ1) is 14.1. The van der Waals surface area contributed by atoms with Crippen LogP contribution in [0.1, 0.15) is 15.4 Å². The minimum absolute atomic E-state index is 0.0493. The fourth-order valence-electron chi connectivity index (χ4n) is 1.37. The lowest BCUT2D eigenvalue weighted by atomic mass is 10.3. The molecule has 1 heterocycles. The van der Waals surface area contributed by atoms with Gasteiger partial charge in [-0.1, -0.05) is 0 Å². The standard InChI is InChI=1S/C11H19N3O2S/c1-9-8-10(12-17-9)11(16)14(3)5-4-13(2)6-7-15/h8,15H,4-7H2,1-3H3. The predicted molar refractivity (Wildman–Crippen MR) is 68.4 cm³/mol. The number of aliphatic hydroxyl groups excluding tert-OH is 1. The zero-order chi connectivity index (χ0) is 12.8. The molecular formula is C11H19N3O2S. The van der Waals surface area contributed by atoms with E-state index >= 15 is 0 Å². The molecule has 0 bridgehead atoms. The van der Waals surface area contributed by atoms with E-state index < -0.39 is 0 Å². The molecule has 0 aromatic carbocycles. The highest BCUT2D eigenvalue weighted by Crippen LogP contribution is 2.09. The second kappa shape index (κ2) is 6.68. The van der Waals surface area contributed by atoms with Crippen molar-refractivity contribution in [1.29, 1.82) is 0 Å². The second-order valence-corrected chi connectivity index (χ2v) is 5.09. The van der Waals surface area contributed by atoms with Gasteiger partial charge in [-0.2, -0.15) is 4.37 Å². The minimum atomic E-state index is -0.0493. The molecule has 1 amide bonds. The van der Waals surface area contributed by atoms with Crippen molar-refractivity contribution in [2.24, 2.45) is 0 Å². The molecule has 0 aliphatic heterocycles. The zero-order valence-corrected chi connectivity index (χ0v) is 11.3. The summed E-state index contributed by atoms with van der Waals surface area (Å²) in [5.41, 5.74) is 0.514. The Labute approximate surface area is 106 Å².